The molecule has 4 N–H and O–H groups in total. The van der Waals surface area contributed by atoms with E-state index in [9.17, 15) is 33.0 Å². The number of aliphatic carboxylic acids is 1. The number of methoxy groups -OCH3 is 1. The lowest BCUT2D eigenvalue weighted by atomic mass is 10.1. The number of carboxylic acid groups (broad SMARTS) is 1. The van der Waals surface area contributed by atoms with Crippen LogP contribution in [0.15, 0.2) is 87.5 Å². The van der Waals surface area contributed by atoms with E-state index in [4.69, 9.17) is 39.5 Å². The number of likely N-dealkylation sites (N-methyl/N-ethyl adjacent to an activating group) is 1. The zero-order valence-corrected chi connectivity index (χ0v) is 32.0. The molecule has 1 amide bonds. The molecule has 282 valence electrons. The van der Waals surface area contributed by atoms with Gasteiger partial charge < -0.3 is 25.2 Å². The van der Waals surface area contributed by atoms with E-state index < -0.39 is 39.7 Å². The number of aryl methyl sites for hydroxylation is 1. The van der Waals surface area contributed by atoms with Gasteiger partial charge in [-0.3, -0.25) is 23.7 Å². The third-order valence-electron chi connectivity index (χ3n) is 8.10. The number of aliphatic hydroxyl groups excluding tert-OH is 1. The molecule has 18 heteroatoms. The maximum Gasteiger partial charge on any atom is 0.323 e. The first-order valence-electron chi connectivity index (χ1n) is 16.1. The number of carbonyl (C=O) groups excluding carboxylic acids is 1. The molecule has 0 fully saturated rings. The van der Waals surface area contributed by atoms with E-state index in [0.717, 1.165) is 16.3 Å². The van der Waals surface area contributed by atoms with E-state index in [1.165, 1.54) is 43.5 Å². The number of halogens is 3. The SMILES string of the molecule is CCN(CCO)c1ccc(/N=C(\C(=O)Nc2cc(S(=O)(=O)Nc3cc(Cl)c(Cl)cc3Cl)ccc2OC)c2nc3ccccc3c(=O)n2CC(=O)O)c(C)c1. The fourth-order valence-electron chi connectivity index (χ4n) is 5.44. The highest BCUT2D eigenvalue weighted by Gasteiger charge is 2.26. The number of nitrogens with zero attached hydrogens (tertiary/aromatic N) is 4. The van der Waals surface area contributed by atoms with Crippen LogP contribution >= 0.6 is 34.8 Å². The smallest absolute Gasteiger partial charge is 0.323 e. The van der Waals surface area contributed by atoms with Gasteiger partial charge in [-0.05, 0) is 80.1 Å². The minimum absolute atomic E-state index is 0.0229. The van der Waals surface area contributed by atoms with Crippen LogP contribution in [0.5, 0.6) is 5.75 Å². The summed E-state index contributed by atoms with van der Waals surface area (Å²) in [7, 11) is -3.05. The van der Waals surface area contributed by atoms with Gasteiger partial charge in [0.25, 0.3) is 21.5 Å². The highest BCUT2D eigenvalue weighted by atomic mass is 35.5. The number of carbonyl (C=O) groups is 2. The Hall–Kier alpha value is -5.19. The number of carboxylic acids is 1. The van der Waals surface area contributed by atoms with Crippen molar-refractivity contribution in [1.29, 1.82) is 0 Å². The lowest BCUT2D eigenvalue weighted by Crippen LogP contribution is -2.35. The number of amides is 1. The predicted octanol–water partition coefficient (Wildman–Crippen LogP) is 6.14. The van der Waals surface area contributed by atoms with Gasteiger partial charge >= 0.3 is 5.97 Å². The minimum atomic E-state index is -4.36. The number of aliphatic imine (C=N–C) groups is 1. The molecular weight excluding hydrogens is 783 g/mol. The maximum absolute atomic E-state index is 14.4. The number of para-hydroxylation sites is 1. The van der Waals surface area contributed by atoms with Crippen molar-refractivity contribution in [3.05, 3.63) is 110 Å². The first-order chi connectivity index (χ1) is 25.7. The fourth-order valence-corrected chi connectivity index (χ4v) is 7.19. The molecular formula is C36H33Cl3N6O8S. The van der Waals surface area contributed by atoms with Crippen molar-refractivity contribution in [2.45, 2.75) is 25.3 Å². The molecule has 0 spiro atoms. The maximum atomic E-state index is 14.4. The average molecular weight is 816 g/mol. The summed E-state index contributed by atoms with van der Waals surface area (Å²) in [5.74, 6) is -2.68. The number of fused-ring (bicyclic) bond motifs is 1. The Morgan fingerprint density at radius 1 is 0.981 bits per heavy atom. The van der Waals surface area contributed by atoms with Crippen molar-refractivity contribution >= 4 is 96.1 Å². The molecule has 0 aliphatic heterocycles. The van der Waals surface area contributed by atoms with Gasteiger partial charge in [0, 0.05) is 18.8 Å². The number of anilines is 3. The Balaban J connectivity index is 1.66. The fraction of sp³-hybridized carbons (Fsp3) is 0.194. The molecule has 54 heavy (non-hydrogen) atoms. The molecule has 0 radical (unpaired) electrons. The van der Waals surface area contributed by atoms with Gasteiger partial charge in [0.15, 0.2) is 11.5 Å². The zero-order valence-electron chi connectivity index (χ0n) is 28.9. The van der Waals surface area contributed by atoms with E-state index in [2.05, 4.69) is 20.0 Å². The number of hydrogen-bond donors (Lipinski definition) is 4. The molecule has 0 saturated carbocycles. The molecule has 4 aromatic carbocycles. The van der Waals surface area contributed by atoms with Crippen LogP contribution in [0.3, 0.4) is 0 Å². The van der Waals surface area contributed by atoms with E-state index in [1.54, 1.807) is 37.3 Å². The summed E-state index contributed by atoms with van der Waals surface area (Å²) < 4.78 is 35.7. The van der Waals surface area contributed by atoms with Crippen LogP contribution in [0.2, 0.25) is 15.1 Å². The highest BCUT2D eigenvalue weighted by Crippen LogP contribution is 2.35. The molecule has 14 nitrogen and oxygen atoms in total. The molecule has 1 aromatic heterocycles. The van der Waals surface area contributed by atoms with Crippen LogP contribution in [-0.4, -0.2) is 72.6 Å². The van der Waals surface area contributed by atoms with Gasteiger partial charge in [0.05, 0.1) is 61.6 Å². The Labute approximate surface area is 324 Å². The largest absolute Gasteiger partial charge is 0.495 e. The van der Waals surface area contributed by atoms with Crippen molar-refractivity contribution in [2.24, 2.45) is 4.99 Å². The zero-order chi connectivity index (χ0) is 39.3. The second-order valence-electron chi connectivity index (χ2n) is 11.6. The van der Waals surface area contributed by atoms with Gasteiger partial charge in [0.2, 0.25) is 0 Å². The van der Waals surface area contributed by atoms with Gasteiger partial charge in [-0.15, -0.1) is 0 Å². The number of benzene rings is 4. The van der Waals surface area contributed by atoms with Gasteiger partial charge in [-0.1, -0.05) is 46.9 Å². The van der Waals surface area contributed by atoms with Crippen LogP contribution in [0.1, 0.15) is 18.3 Å². The van der Waals surface area contributed by atoms with Crippen LogP contribution in [0.25, 0.3) is 10.9 Å². The molecule has 0 atom stereocenters. The normalized spacial score (nSPS) is 11.7. The standard InChI is InChI=1S/C36H33Cl3N6O8S/c1-4-44(13-14-46)21-9-11-27(20(2)15-21)40-33(34-41-28-8-6-5-7-23(28)36(50)45(34)19-32(47)48)35(49)42-30-16-22(10-12-31(30)53-3)54(51,52)43-29-18-25(38)24(37)17-26(29)39/h5-12,15-18,43,46H,4,13-14,19H2,1-3H3,(H,42,49)(H,47,48)/b40-33-. The van der Waals surface area contributed by atoms with Crippen molar-refractivity contribution in [3.63, 3.8) is 0 Å². The first kappa shape index (κ1) is 40.0. The summed E-state index contributed by atoms with van der Waals surface area (Å²) in [4.78, 5) is 50.9. The lowest BCUT2D eigenvalue weighted by molar-refractivity contribution is -0.137. The summed E-state index contributed by atoms with van der Waals surface area (Å²) in [6.45, 7) is 3.72. The van der Waals surface area contributed by atoms with Gasteiger partial charge in [-0.2, -0.15) is 0 Å². The number of aromatic nitrogens is 2. The summed E-state index contributed by atoms with van der Waals surface area (Å²) in [6.07, 6.45) is 0. The molecule has 0 aliphatic carbocycles. The van der Waals surface area contributed by atoms with Crippen LogP contribution in [0.4, 0.5) is 22.7 Å². The molecule has 0 saturated heterocycles. The number of nitrogens with one attached hydrogen (secondary N) is 2. The third-order valence-corrected chi connectivity index (χ3v) is 10.5. The molecule has 5 aromatic rings. The van der Waals surface area contributed by atoms with Crippen molar-refractivity contribution in [1.82, 2.24) is 9.55 Å². The Kier molecular flexibility index (Phi) is 12.5. The number of ether oxygens (including phenoxy) is 1. The molecule has 0 bridgehead atoms. The Morgan fingerprint density at radius 3 is 2.37 bits per heavy atom. The number of hydrogen-bond acceptors (Lipinski definition) is 10. The van der Waals surface area contributed by atoms with E-state index in [1.807, 2.05) is 11.8 Å². The van der Waals surface area contributed by atoms with E-state index >= 15 is 0 Å². The predicted molar refractivity (Wildman–Crippen MR) is 210 cm³/mol. The van der Waals surface area contributed by atoms with Crippen LogP contribution in [-0.2, 0) is 26.2 Å². The molecule has 0 unspecified atom stereocenters. The third kappa shape index (κ3) is 8.77. The van der Waals surface area contributed by atoms with Crippen molar-refractivity contribution in [2.75, 3.05) is 41.7 Å². The minimum Gasteiger partial charge on any atom is -0.495 e. The van der Waals surface area contributed by atoms with Gasteiger partial charge in [-0.25, -0.2) is 18.4 Å². The second-order valence-corrected chi connectivity index (χ2v) is 14.5. The lowest BCUT2D eigenvalue weighted by Gasteiger charge is -2.22. The Morgan fingerprint density at radius 2 is 1.70 bits per heavy atom. The Bertz CT molecular complexity index is 2480. The number of rotatable bonds is 14. The summed E-state index contributed by atoms with van der Waals surface area (Å²) in [5, 5.41) is 22.2. The van der Waals surface area contributed by atoms with E-state index in [0.29, 0.717) is 18.7 Å². The second kappa shape index (κ2) is 16.9. The number of aliphatic hydroxyl groups is 1. The topological polar surface area (TPSA) is 193 Å². The summed E-state index contributed by atoms with van der Waals surface area (Å²) in [6, 6.07) is 17.6. The summed E-state index contributed by atoms with van der Waals surface area (Å²) in [5.41, 5.74) is 0.450. The first-order valence-corrected chi connectivity index (χ1v) is 18.7. The molecule has 5 rings (SSSR count). The molecule has 0 aliphatic rings. The average Bonchev–Trinajstić information content (AvgIpc) is 3.13. The van der Waals surface area contributed by atoms with Crippen LogP contribution in [0, 0.1) is 6.92 Å². The molecule has 1 heterocycles. The van der Waals surface area contributed by atoms with E-state index in [-0.39, 0.29) is 66.1 Å². The monoisotopic (exact) mass is 814 g/mol. The quantitative estimate of drug-likeness (QED) is 0.0748. The highest BCUT2D eigenvalue weighted by molar-refractivity contribution is 7.92. The van der Waals surface area contributed by atoms with Crippen molar-refractivity contribution in [3.8, 4) is 5.75 Å². The summed E-state index contributed by atoms with van der Waals surface area (Å²) >= 11 is 18.3. The van der Waals surface area contributed by atoms with Crippen LogP contribution < -0.4 is 25.2 Å². The van der Waals surface area contributed by atoms with Gasteiger partial charge in [0.1, 0.15) is 12.3 Å². The van der Waals surface area contributed by atoms with Crippen molar-refractivity contribution < 1.29 is 33.0 Å². The number of sulfonamides is 1.